The molecular weight excluding hydrogens is 469 g/mol. The molecule has 178 valence electrons. The second-order valence-electron chi connectivity index (χ2n) is 7.61. The molecule has 0 atom stereocenters. The van der Waals surface area contributed by atoms with Gasteiger partial charge in [-0.2, -0.15) is 13.2 Å². The molecule has 0 aliphatic rings. The van der Waals surface area contributed by atoms with E-state index in [1.807, 2.05) is 0 Å². The van der Waals surface area contributed by atoms with Gasteiger partial charge in [-0.05, 0) is 49.7 Å². The van der Waals surface area contributed by atoms with Gasteiger partial charge in [-0.3, -0.25) is 4.57 Å². The molecule has 3 aromatic carbocycles. The Kier molecular flexibility index (Phi) is 6.37. The summed E-state index contributed by atoms with van der Waals surface area (Å²) in [4.78, 5) is 4.14. The topological polar surface area (TPSA) is 81.4 Å². The van der Waals surface area contributed by atoms with Crippen LogP contribution in [0, 0.1) is 6.92 Å². The molecule has 0 saturated carbocycles. The number of fused-ring (bicyclic) bond motifs is 1. The SMILES string of the molecule is Cc1nc2c(C(F)(F)F)cccc2n1-c1cccc(Oc2ccccc2S(=O)(=O)CCCO)c1. The molecule has 0 amide bonds. The number of hydrogen-bond donors (Lipinski definition) is 1. The zero-order chi connectivity index (χ0) is 24.5. The number of sulfone groups is 1. The van der Waals surface area contributed by atoms with Gasteiger partial charge in [0, 0.05) is 12.7 Å². The van der Waals surface area contributed by atoms with Gasteiger partial charge in [0.2, 0.25) is 0 Å². The van der Waals surface area contributed by atoms with Crippen LogP contribution in [0.5, 0.6) is 11.5 Å². The molecule has 6 nitrogen and oxygen atoms in total. The summed E-state index contributed by atoms with van der Waals surface area (Å²) in [6, 6.07) is 16.6. The van der Waals surface area contributed by atoms with Crippen LogP contribution in [0.4, 0.5) is 13.2 Å². The molecule has 0 fully saturated rings. The lowest BCUT2D eigenvalue weighted by atomic mass is 10.1. The van der Waals surface area contributed by atoms with Crippen LogP contribution in [-0.2, 0) is 16.0 Å². The first-order valence-electron chi connectivity index (χ1n) is 10.4. The zero-order valence-electron chi connectivity index (χ0n) is 18.1. The van der Waals surface area contributed by atoms with E-state index in [-0.39, 0.29) is 40.5 Å². The van der Waals surface area contributed by atoms with E-state index in [1.54, 1.807) is 54.0 Å². The van der Waals surface area contributed by atoms with Gasteiger partial charge >= 0.3 is 6.18 Å². The third-order valence-electron chi connectivity index (χ3n) is 5.22. The maximum Gasteiger partial charge on any atom is 0.418 e. The van der Waals surface area contributed by atoms with Gasteiger partial charge in [0.25, 0.3) is 0 Å². The molecule has 1 aromatic heterocycles. The molecule has 0 aliphatic carbocycles. The Labute approximate surface area is 194 Å². The lowest BCUT2D eigenvalue weighted by Gasteiger charge is -2.13. The Morgan fingerprint density at radius 2 is 1.76 bits per heavy atom. The summed E-state index contributed by atoms with van der Waals surface area (Å²) in [7, 11) is -3.69. The number of benzene rings is 3. The number of aryl methyl sites for hydroxylation is 1. The van der Waals surface area contributed by atoms with Crippen LogP contribution in [0.1, 0.15) is 17.8 Å². The summed E-state index contributed by atoms with van der Waals surface area (Å²) in [5.41, 5.74) is -0.172. The Balaban J connectivity index is 1.75. The van der Waals surface area contributed by atoms with E-state index in [2.05, 4.69) is 4.98 Å². The molecule has 0 aliphatic heterocycles. The smallest absolute Gasteiger partial charge is 0.418 e. The summed E-state index contributed by atoms with van der Waals surface area (Å²) in [5.74, 6) is 0.543. The van der Waals surface area contributed by atoms with Crippen molar-refractivity contribution in [2.45, 2.75) is 24.4 Å². The van der Waals surface area contributed by atoms with Gasteiger partial charge < -0.3 is 9.84 Å². The van der Waals surface area contributed by atoms with E-state index in [0.717, 1.165) is 6.07 Å². The molecular formula is C24H21F3N2O4S. The van der Waals surface area contributed by atoms with Crippen molar-refractivity contribution in [2.24, 2.45) is 0 Å². The highest BCUT2D eigenvalue weighted by atomic mass is 32.2. The quantitative estimate of drug-likeness (QED) is 0.380. The van der Waals surface area contributed by atoms with Crippen molar-refractivity contribution in [3.05, 3.63) is 78.1 Å². The van der Waals surface area contributed by atoms with E-state index in [1.165, 1.54) is 18.2 Å². The minimum absolute atomic E-state index is 0.00654. The Morgan fingerprint density at radius 1 is 1.03 bits per heavy atom. The average Bonchev–Trinajstić information content (AvgIpc) is 3.13. The summed E-state index contributed by atoms with van der Waals surface area (Å²) in [6.45, 7) is 1.36. The van der Waals surface area contributed by atoms with Gasteiger partial charge in [0.15, 0.2) is 9.84 Å². The highest BCUT2D eigenvalue weighted by Crippen LogP contribution is 2.36. The third kappa shape index (κ3) is 4.64. The molecule has 0 spiro atoms. The molecule has 0 bridgehead atoms. The predicted molar refractivity (Wildman–Crippen MR) is 121 cm³/mol. The molecule has 0 radical (unpaired) electrons. The highest BCUT2D eigenvalue weighted by Gasteiger charge is 2.34. The van der Waals surface area contributed by atoms with Gasteiger partial charge in [0.05, 0.1) is 22.5 Å². The van der Waals surface area contributed by atoms with Gasteiger partial charge in [-0.15, -0.1) is 0 Å². The molecule has 34 heavy (non-hydrogen) atoms. The summed E-state index contributed by atoms with van der Waals surface area (Å²) >= 11 is 0. The Bertz CT molecular complexity index is 1450. The van der Waals surface area contributed by atoms with Crippen LogP contribution in [0.25, 0.3) is 16.7 Å². The normalized spacial score (nSPS) is 12.3. The molecule has 1 N–H and O–H groups in total. The van der Waals surface area contributed by atoms with Crippen LogP contribution < -0.4 is 4.74 Å². The zero-order valence-corrected chi connectivity index (χ0v) is 18.9. The molecule has 1 heterocycles. The van der Waals surface area contributed by atoms with Crippen molar-refractivity contribution in [3.63, 3.8) is 0 Å². The van der Waals surface area contributed by atoms with E-state index in [0.29, 0.717) is 17.3 Å². The number of aromatic nitrogens is 2. The van der Waals surface area contributed by atoms with E-state index in [9.17, 15) is 21.6 Å². The molecule has 0 saturated heterocycles. The number of hydrogen-bond acceptors (Lipinski definition) is 5. The largest absolute Gasteiger partial charge is 0.456 e. The number of para-hydroxylation sites is 2. The molecule has 4 rings (SSSR count). The average molecular weight is 491 g/mol. The number of alkyl halides is 3. The van der Waals surface area contributed by atoms with Crippen molar-refractivity contribution in [1.29, 1.82) is 0 Å². The summed E-state index contributed by atoms with van der Waals surface area (Å²) in [5, 5.41) is 9.00. The van der Waals surface area contributed by atoms with Crippen molar-refractivity contribution in [1.82, 2.24) is 9.55 Å². The predicted octanol–water partition coefficient (Wildman–Crippen LogP) is 5.30. The van der Waals surface area contributed by atoms with E-state index < -0.39 is 21.6 Å². The first-order valence-corrected chi connectivity index (χ1v) is 12.0. The fraction of sp³-hybridized carbons (Fsp3) is 0.208. The Hall–Kier alpha value is -3.37. The van der Waals surface area contributed by atoms with Gasteiger partial charge in [-0.1, -0.05) is 24.3 Å². The standard InChI is InChI=1S/C24H21F3N2O4S/c1-16-28-23-19(24(25,26)27)9-5-10-20(23)29(16)17-7-4-8-18(15-17)33-21-11-2-3-12-22(21)34(31,32)14-6-13-30/h2-5,7-12,15,30H,6,13-14H2,1H3. The number of aliphatic hydroxyl groups is 1. The second-order valence-corrected chi connectivity index (χ2v) is 9.69. The lowest BCUT2D eigenvalue weighted by molar-refractivity contribution is -0.136. The molecule has 0 unspecified atom stereocenters. The molecule has 10 heteroatoms. The van der Waals surface area contributed by atoms with Crippen LogP contribution in [-0.4, -0.2) is 35.4 Å². The van der Waals surface area contributed by atoms with Crippen molar-refractivity contribution in [3.8, 4) is 17.2 Å². The fourth-order valence-electron chi connectivity index (χ4n) is 3.74. The van der Waals surface area contributed by atoms with Crippen molar-refractivity contribution < 1.29 is 31.4 Å². The number of halogens is 3. The summed E-state index contributed by atoms with van der Waals surface area (Å²) < 4.78 is 73.1. The maximum atomic E-state index is 13.4. The summed E-state index contributed by atoms with van der Waals surface area (Å²) in [6.07, 6.45) is -4.44. The van der Waals surface area contributed by atoms with E-state index >= 15 is 0 Å². The molecule has 4 aromatic rings. The number of imidazole rings is 1. The van der Waals surface area contributed by atoms with Crippen LogP contribution in [0.15, 0.2) is 71.6 Å². The number of ether oxygens (including phenoxy) is 1. The van der Waals surface area contributed by atoms with Crippen LogP contribution in [0.2, 0.25) is 0 Å². The van der Waals surface area contributed by atoms with Crippen molar-refractivity contribution in [2.75, 3.05) is 12.4 Å². The van der Waals surface area contributed by atoms with Crippen molar-refractivity contribution >= 4 is 20.9 Å². The van der Waals surface area contributed by atoms with Crippen LogP contribution >= 0.6 is 0 Å². The minimum Gasteiger partial charge on any atom is -0.456 e. The number of rotatable bonds is 7. The van der Waals surface area contributed by atoms with Gasteiger partial charge in [0.1, 0.15) is 27.7 Å². The first kappa shape index (κ1) is 23.8. The number of aliphatic hydroxyl groups excluding tert-OH is 1. The third-order valence-corrected chi connectivity index (χ3v) is 7.05. The van der Waals surface area contributed by atoms with E-state index in [4.69, 9.17) is 9.84 Å². The number of nitrogens with zero attached hydrogens (tertiary/aromatic N) is 2. The second kappa shape index (κ2) is 9.11. The first-order chi connectivity index (χ1) is 16.1. The minimum atomic E-state index is -4.54. The maximum absolute atomic E-state index is 13.4. The van der Waals surface area contributed by atoms with Gasteiger partial charge in [-0.25, -0.2) is 13.4 Å². The van der Waals surface area contributed by atoms with Crippen LogP contribution in [0.3, 0.4) is 0 Å². The highest BCUT2D eigenvalue weighted by molar-refractivity contribution is 7.91. The lowest BCUT2D eigenvalue weighted by Crippen LogP contribution is -2.09. The Morgan fingerprint density at radius 3 is 2.50 bits per heavy atom. The fourth-order valence-corrected chi connectivity index (χ4v) is 5.17. The monoisotopic (exact) mass is 490 g/mol.